The molecule has 1 aliphatic rings. The number of thiophene rings is 1. The minimum absolute atomic E-state index is 0.315. The molecule has 0 saturated carbocycles. The molecule has 0 saturated heterocycles. The third-order valence-electron chi connectivity index (χ3n) is 5.91. The maximum atomic E-state index is 13.2. The second-order valence-electron chi connectivity index (χ2n) is 7.82. The molecule has 2 N–H and O–H groups in total. The van der Waals surface area contributed by atoms with E-state index in [1.807, 2.05) is 51.1 Å². The summed E-state index contributed by atoms with van der Waals surface area (Å²) < 4.78 is 5.03. The molecular weight excluding hydrogens is 414 g/mol. The van der Waals surface area contributed by atoms with Gasteiger partial charge in [-0.25, -0.2) is 4.79 Å². The lowest BCUT2D eigenvalue weighted by atomic mass is 9.76. The molecule has 1 aromatic carbocycles. The summed E-state index contributed by atoms with van der Waals surface area (Å²) in [7, 11) is 1.31. The number of hydrogen-bond acceptors (Lipinski definition) is 5. The largest absolute Gasteiger partial charge is 0.481 e. The highest BCUT2D eigenvalue weighted by Crippen LogP contribution is 2.42. The van der Waals surface area contributed by atoms with Crippen molar-refractivity contribution in [1.29, 1.82) is 0 Å². The Morgan fingerprint density at radius 2 is 1.71 bits per heavy atom. The number of ether oxygens (including phenoxy) is 1. The molecule has 1 heterocycles. The normalized spacial score (nSPS) is 18.6. The molecule has 0 spiro atoms. The van der Waals surface area contributed by atoms with Gasteiger partial charge >= 0.3 is 11.9 Å². The van der Waals surface area contributed by atoms with Crippen LogP contribution in [0.4, 0.5) is 5.00 Å². The summed E-state index contributed by atoms with van der Waals surface area (Å²) in [6, 6.07) is 9.51. The van der Waals surface area contributed by atoms with Gasteiger partial charge < -0.3 is 15.2 Å². The van der Waals surface area contributed by atoms with Gasteiger partial charge in [0.05, 0.1) is 18.9 Å². The summed E-state index contributed by atoms with van der Waals surface area (Å²) in [5, 5.41) is 12.9. The first kappa shape index (κ1) is 22.7. The number of carbonyl (C=O) groups excluding carboxylic acids is 2. The molecule has 3 rings (SSSR count). The summed E-state index contributed by atoms with van der Waals surface area (Å²) in [4.78, 5) is 38.7. The van der Waals surface area contributed by atoms with Crippen molar-refractivity contribution in [1.82, 2.24) is 0 Å². The van der Waals surface area contributed by atoms with Crippen LogP contribution in [0.15, 0.2) is 41.5 Å². The Balaban J connectivity index is 2.03. The lowest BCUT2D eigenvalue weighted by Gasteiger charge is -2.29. The molecule has 1 aromatic heterocycles. The van der Waals surface area contributed by atoms with Gasteiger partial charge in [0.1, 0.15) is 10.6 Å². The maximum Gasteiger partial charge on any atom is 0.341 e. The summed E-state index contributed by atoms with van der Waals surface area (Å²) in [5.74, 6) is -3.38. The minimum atomic E-state index is -0.981. The molecule has 0 radical (unpaired) electrons. The summed E-state index contributed by atoms with van der Waals surface area (Å²) in [5.41, 5.74) is 3.99. The van der Waals surface area contributed by atoms with E-state index in [-0.39, 0.29) is 5.91 Å². The summed E-state index contributed by atoms with van der Waals surface area (Å²) >= 11 is 1.34. The van der Waals surface area contributed by atoms with Crippen LogP contribution in [0.1, 0.15) is 48.8 Å². The number of amides is 1. The predicted octanol–water partition coefficient (Wildman–Crippen LogP) is 5.15. The first-order valence-electron chi connectivity index (χ1n) is 10.3. The number of carbonyl (C=O) groups is 3. The number of aryl methyl sites for hydroxylation is 1. The van der Waals surface area contributed by atoms with Crippen LogP contribution in [0.2, 0.25) is 0 Å². The van der Waals surface area contributed by atoms with E-state index in [1.54, 1.807) is 0 Å². The second kappa shape index (κ2) is 9.47. The van der Waals surface area contributed by atoms with E-state index >= 15 is 0 Å². The van der Waals surface area contributed by atoms with Crippen molar-refractivity contribution >= 4 is 34.2 Å². The van der Waals surface area contributed by atoms with Crippen LogP contribution in [0.3, 0.4) is 0 Å². The van der Waals surface area contributed by atoms with Gasteiger partial charge in [-0.05, 0) is 38.7 Å². The Morgan fingerprint density at radius 1 is 1.10 bits per heavy atom. The highest BCUT2D eigenvalue weighted by Gasteiger charge is 2.38. The molecule has 164 valence electrons. The van der Waals surface area contributed by atoms with Crippen LogP contribution in [-0.4, -0.2) is 30.1 Å². The molecule has 2 atom stereocenters. The topological polar surface area (TPSA) is 92.7 Å². The van der Waals surface area contributed by atoms with Crippen molar-refractivity contribution in [3.05, 3.63) is 51.9 Å². The molecular formula is C24H27NO5S. The smallest absolute Gasteiger partial charge is 0.341 e. The SMILES string of the molecule is CCc1sc(NC(=O)[C@@H]2CC(C)=C(C)C[C@H]2C(=O)O)c(C(=O)OC)c1-c1ccccc1. The van der Waals surface area contributed by atoms with Crippen molar-refractivity contribution in [2.75, 3.05) is 12.4 Å². The zero-order valence-corrected chi connectivity index (χ0v) is 19.0. The molecule has 0 fully saturated rings. The van der Waals surface area contributed by atoms with Crippen LogP contribution < -0.4 is 5.32 Å². The second-order valence-corrected chi connectivity index (χ2v) is 8.93. The van der Waals surface area contributed by atoms with Crippen LogP contribution in [0.5, 0.6) is 0 Å². The van der Waals surface area contributed by atoms with Gasteiger partial charge in [0, 0.05) is 10.4 Å². The molecule has 2 aromatic rings. The number of esters is 1. The lowest BCUT2D eigenvalue weighted by Crippen LogP contribution is -2.36. The number of benzene rings is 1. The minimum Gasteiger partial charge on any atom is -0.481 e. The summed E-state index contributed by atoms with van der Waals surface area (Å²) in [6.45, 7) is 5.83. The number of methoxy groups -OCH3 is 1. The standard InChI is InChI=1S/C24H27NO5S/c1-5-18-19(15-9-7-6-8-10-15)20(24(29)30-4)22(31-18)25-21(26)16-11-13(2)14(3)12-17(16)23(27)28/h6-10,16-17H,5,11-12H2,1-4H3,(H,25,26)(H,27,28)/t16-,17-/m1/s1. The van der Waals surface area contributed by atoms with E-state index in [9.17, 15) is 19.5 Å². The van der Waals surface area contributed by atoms with Crippen molar-refractivity contribution in [2.45, 2.75) is 40.0 Å². The average molecular weight is 442 g/mol. The maximum absolute atomic E-state index is 13.2. The van der Waals surface area contributed by atoms with Crippen molar-refractivity contribution in [3.8, 4) is 11.1 Å². The van der Waals surface area contributed by atoms with Gasteiger partial charge in [-0.1, -0.05) is 48.4 Å². The Morgan fingerprint density at radius 3 is 2.26 bits per heavy atom. The van der Waals surface area contributed by atoms with Gasteiger partial charge in [0.25, 0.3) is 0 Å². The molecule has 31 heavy (non-hydrogen) atoms. The van der Waals surface area contributed by atoms with Gasteiger partial charge in [-0.15, -0.1) is 11.3 Å². The van der Waals surface area contributed by atoms with Crippen molar-refractivity contribution in [3.63, 3.8) is 0 Å². The number of hydrogen-bond donors (Lipinski definition) is 2. The fourth-order valence-corrected chi connectivity index (χ4v) is 5.21. The fourth-order valence-electron chi connectivity index (χ4n) is 4.05. The Hall–Kier alpha value is -2.93. The summed E-state index contributed by atoms with van der Waals surface area (Å²) in [6.07, 6.45) is 1.42. The highest BCUT2D eigenvalue weighted by atomic mass is 32.1. The number of anilines is 1. The van der Waals surface area contributed by atoms with E-state index in [2.05, 4.69) is 5.32 Å². The fraction of sp³-hybridized carbons (Fsp3) is 0.375. The highest BCUT2D eigenvalue weighted by molar-refractivity contribution is 7.17. The van der Waals surface area contributed by atoms with Crippen molar-refractivity contribution < 1.29 is 24.2 Å². The third kappa shape index (κ3) is 4.56. The van der Waals surface area contributed by atoms with Crippen LogP contribution >= 0.6 is 11.3 Å². The molecule has 7 heteroatoms. The zero-order chi connectivity index (χ0) is 22.7. The molecule has 0 aliphatic heterocycles. The van der Waals surface area contributed by atoms with Crippen LogP contribution in [0.25, 0.3) is 11.1 Å². The van der Waals surface area contributed by atoms with Gasteiger partial charge in [0.2, 0.25) is 5.91 Å². The molecule has 6 nitrogen and oxygen atoms in total. The van der Waals surface area contributed by atoms with Crippen LogP contribution in [0, 0.1) is 11.8 Å². The number of carboxylic acid groups (broad SMARTS) is 1. The zero-order valence-electron chi connectivity index (χ0n) is 18.2. The first-order valence-corrected chi connectivity index (χ1v) is 11.1. The number of aliphatic carboxylic acids is 1. The van der Waals surface area contributed by atoms with E-state index in [4.69, 9.17) is 4.74 Å². The number of rotatable bonds is 6. The number of carboxylic acids is 1. The predicted molar refractivity (Wildman–Crippen MR) is 121 cm³/mol. The lowest BCUT2D eigenvalue weighted by molar-refractivity contribution is -0.146. The van der Waals surface area contributed by atoms with Gasteiger partial charge in [0.15, 0.2) is 0 Å². The van der Waals surface area contributed by atoms with E-state index < -0.39 is 23.8 Å². The molecule has 1 aliphatic carbocycles. The van der Waals surface area contributed by atoms with Gasteiger partial charge in [-0.3, -0.25) is 9.59 Å². The molecule has 0 unspecified atom stereocenters. The quantitative estimate of drug-likeness (QED) is 0.478. The Bertz CT molecular complexity index is 1040. The molecule has 1 amide bonds. The van der Waals surface area contributed by atoms with E-state index in [0.29, 0.717) is 29.8 Å². The Labute approximate surface area is 185 Å². The number of allylic oxidation sites excluding steroid dienone is 2. The molecule has 0 bridgehead atoms. The van der Waals surface area contributed by atoms with E-state index in [1.165, 1.54) is 18.4 Å². The number of nitrogens with one attached hydrogen (secondary N) is 1. The Kier molecular flexibility index (Phi) is 6.95. The van der Waals surface area contributed by atoms with E-state index in [0.717, 1.165) is 27.2 Å². The van der Waals surface area contributed by atoms with Gasteiger partial charge in [-0.2, -0.15) is 0 Å². The average Bonchev–Trinajstić information content (AvgIpc) is 3.13. The van der Waals surface area contributed by atoms with Crippen LogP contribution in [-0.2, 0) is 20.7 Å². The third-order valence-corrected chi connectivity index (χ3v) is 7.16. The first-order chi connectivity index (χ1) is 14.8. The van der Waals surface area contributed by atoms with Crippen molar-refractivity contribution in [2.24, 2.45) is 11.8 Å². The monoisotopic (exact) mass is 441 g/mol.